The molecule has 2 N–H and O–H groups in total. The largest absolute Gasteiger partial charge is 0.444 e. The molecule has 1 aliphatic rings. The van der Waals surface area contributed by atoms with Gasteiger partial charge in [0.05, 0.1) is 12.1 Å². The number of benzene rings is 1. The Labute approximate surface area is 153 Å². The Balaban J connectivity index is 1.84. The van der Waals surface area contributed by atoms with Crippen LogP contribution in [0, 0.1) is 0 Å². The average Bonchev–Trinajstić information content (AvgIpc) is 2.95. The van der Waals surface area contributed by atoms with Crippen molar-refractivity contribution in [1.29, 1.82) is 0 Å². The van der Waals surface area contributed by atoms with E-state index in [-0.39, 0.29) is 12.2 Å². The molecule has 0 aliphatic carbocycles. The van der Waals surface area contributed by atoms with Crippen molar-refractivity contribution in [2.75, 3.05) is 12.3 Å². The fourth-order valence-electron chi connectivity index (χ4n) is 2.78. The van der Waals surface area contributed by atoms with Crippen LogP contribution in [0.2, 0.25) is 0 Å². The molecule has 2 heterocycles. The van der Waals surface area contributed by atoms with Gasteiger partial charge in [0.15, 0.2) is 11.6 Å². The van der Waals surface area contributed by atoms with E-state index in [0.717, 1.165) is 12.1 Å². The number of nitrogens with two attached hydrogens (primary N) is 1. The first kappa shape index (κ1) is 19.0. The number of nitrogens with zero attached hydrogens (tertiary/aromatic N) is 4. The van der Waals surface area contributed by atoms with Crippen molar-refractivity contribution >= 4 is 11.8 Å². The third-order valence-corrected chi connectivity index (χ3v) is 4.02. The highest BCUT2D eigenvalue weighted by Gasteiger charge is 2.32. The first-order valence-electron chi connectivity index (χ1n) is 8.33. The Bertz CT molecular complexity index is 870. The van der Waals surface area contributed by atoms with Crippen LogP contribution in [0.15, 0.2) is 18.2 Å². The van der Waals surface area contributed by atoms with E-state index in [2.05, 4.69) is 10.2 Å². The van der Waals surface area contributed by atoms with Crippen LogP contribution in [-0.2, 0) is 24.0 Å². The van der Waals surface area contributed by atoms with Crippen LogP contribution in [0.4, 0.5) is 23.7 Å². The van der Waals surface area contributed by atoms with Gasteiger partial charge >= 0.3 is 12.3 Å². The maximum Gasteiger partial charge on any atom is 0.416 e. The van der Waals surface area contributed by atoms with Crippen LogP contribution < -0.4 is 5.73 Å². The number of fused-ring (bicyclic) bond motifs is 1. The van der Waals surface area contributed by atoms with Gasteiger partial charge in [0.1, 0.15) is 5.60 Å². The molecule has 1 aliphatic heterocycles. The zero-order valence-electron chi connectivity index (χ0n) is 15.2. The Hall–Kier alpha value is -2.78. The fraction of sp³-hybridized carbons (Fsp3) is 0.471. The van der Waals surface area contributed by atoms with Crippen LogP contribution in [0.3, 0.4) is 0 Å². The highest BCUT2D eigenvalue weighted by Crippen LogP contribution is 2.34. The highest BCUT2D eigenvalue weighted by atomic mass is 19.4. The monoisotopic (exact) mass is 383 g/mol. The molecular weight excluding hydrogens is 363 g/mol. The quantitative estimate of drug-likeness (QED) is 0.764. The lowest BCUT2D eigenvalue weighted by Crippen LogP contribution is -2.41. The number of ether oxygens (including phenoxy) is 1. The van der Waals surface area contributed by atoms with Crippen LogP contribution in [0.25, 0.3) is 11.4 Å². The van der Waals surface area contributed by atoms with Crippen LogP contribution >= 0.6 is 0 Å². The van der Waals surface area contributed by atoms with Gasteiger partial charge in [-0.25, -0.2) is 4.79 Å². The molecule has 146 valence electrons. The zero-order chi connectivity index (χ0) is 20.0. The van der Waals surface area contributed by atoms with Gasteiger partial charge in [0.25, 0.3) is 0 Å². The second-order valence-corrected chi connectivity index (χ2v) is 7.29. The van der Waals surface area contributed by atoms with Crippen molar-refractivity contribution in [3.8, 4) is 11.4 Å². The number of halogens is 3. The molecule has 1 amide bonds. The smallest absolute Gasteiger partial charge is 0.416 e. The molecule has 10 heteroatoms. The Morgan fingerprint density at radius 2 is 1.89 bits per heavy atom. The lowest BCUT2D eigenvalue weighted by molar-refractivity contribution is -0.137. The number of alkyl halides is 3. The van der Waals surface area contributed by atoms with E-state index in [1.807, 2.05) is 0 Å². The number of hydrogen-bond acceptors (Lipinski definition) is 5. The number of carbonyl (C=O) groups is 1. The van der Waals surface area contributed by atoms with E-state index in [4.69, 9.17) is 10.5 Å². The molecule has 1 aromatic carbocycles. The topological polar surface area (TPSA) is 86.3 Å². The number of hydrogen-bond donors (Lipinski definition) is 1. The number of aromatic nitrogens is 3. The van der Waals surface area contributed by atoms with Gasteiger partial charge in [0, 0.05) is 24.3 Å². The van der Waals surface area contributed by atoms with Crippen molar-refractivity contribution in [2.45, 2.75) is 45.6 Å². The standard InChI is InChI=1S/C17H20F3N5O2/c1-16(2,3)27-15(26)24-6-7-25-13(9-24)22-23-14(25)11-5-4-10(8-12(11)21)17(18,19)20/h4-5,8H,6-7,9,21H2,1-3H3. The van der Waals surface area contributed by atoms with Crippen molar-refractivity contribution in [1.82, 2.24) is 19.7 Å². The molecule has 7 nitrogen and oxygen atoms in total. The summed E-state index contributed by atoms with van der Waals surface area (Å²) in [6.45, 7) is 6.29. The van der Waals surface area contributed by atoms with E-state index in [0.29, 0.717) is 30.3 Å². The number of nitrogen functional groups attached to an aromatic ring is 1. The first-order valence-corrected chi connectivity index (χ1v) is 8.33. The van der Waals surface area contributed by atoms with Gasteiger partial charge in [-0.3, -0.25) is 4.90 Å². The van der Waals surface area contributed by atoms with Crippen LogP contribution in [-0.4, -0.2) is 37.9 Å². The molecule has 0 fully saturated rings. The van der Waals surface area contributed by atoms with E-state index in [1.165, 1.54) is 11.0 Å². The lowest BCUT2D eigenvalue weighted by Gasteiger charge is -2.30. The minimum absolute atomic E-state index is 0.0328. The summed E-state index contributed by atoms with van der Waals surface area (Å²) in [5.74, 6) is 0.890. The Morgan fingerprint density at radius 1 is 1.19 bits per heavy atom. The summed E-state index contributed by atoms with van der Waals surface area (Å²) in [6, 6.07) is 3.13. The summed E-state index contributed by atoms with van der Waals surface area (Å²) in [7, 11) is 0. The SMILES string of the molecule is CC(C)(C)OC(=O)N1CCn2c(nnc2-c2ccc(C(F)(F)F)cc2N)C1. The molecule has 27 heavy (non-hydrogen) atoms. The molecule has 0 unspecified atom stereocenters. The van der Waals surface area contributed by atoms with Gasteiger partial charge in [-0.05, 0) is 39.0 Å². The van der Waals surface area contributed by atoms with Crippen LogP contribution in [0.5, 0.6) is 0 Å². The first-order chi connectivity index (χ1) is 12.5. The molecule has 0 bridgehead atoms. The van der Waals surface area contributed by atoms with E-state index in [9.17, 15) is 18.0 Å². The number of amides is 1. The second kappa shape index (κ2) is 6.43. The molecule has 0 atom stereocenters. The lowest BCUT2D eigenvalue weighted by atomic mass is 10.1. The average molecular weight is 383 g/mol. The van der Waals surface area contributed by atoms with Crippen molar-refractivity contribution in [2.24, 2.45) is 0 Å². The molecule has 0 saturated carbocycles. The van der Waals surface area contributed by atoms with Gasteiger partial charge in [-0.1, -0.05) is 0 Å². The number of carbonyl (C=O) groups excluding carboxylic acids is 1. The maximum absolute atomic E-state index is 12.8. The van der Waals surface area contributed by atoms with Gasteiger partial charge in [-0.2, -0.15) is 13.2 Å². The normalized spacial score (nSPS) is 14.8. The molecule has 3 rings (SSSR count). The summed E-state index contributed by atoms with van der Waals surface area (Å²) in [5.41, 5.74) is 4.73. The summed E-state index contributed by atoms with van der Waals surface area (Å²) in [4.78, 5) is 13.7. The predicted octanol–water partition coefficient (Wildman–Crippen LogP) is 3.30. The van der Waals surface area contributed by atoms with E-state index >= 15 is 0 Å². The summed E-state index contributed by atoms with van der Waals surface area (Å²) < 4.78 is 45.5. The number of rotatable bonds is 1. The summed E-state index contributed by atoms with van der Waals surface area (Å²) >= 11 is 0. The molecule has 0 spiro atoms. The minimum atomic E-state index is -4.47. The van der Waals surface area contributed by atoms with Crippen molar-refractivity contribution in [3.63, 3.8) is 0 Å². The predicted molar refractivity (Wildman–Crippen MR) is 91.5 cm³/mol. The van der Waals surface area contributed by atoms with Crippen molar-refractivity contribution in [3.05, 3.63) is 29.6 Å². The molecule has 0 radical (unpaired) electrons. The highest BCUT2D eigenvalue weighted by molar-refractivity contribution is 5.73. The summed E-state index contributed by atoms with van der Waals surface area (Å²) in [6.07, 6.45) is -4.92. The van der Waals surface area contributed by atoms with Gasteiger partial charge < -0.3 is 15.0 Å². The Morgan fingerprint density at radius 3 is 2.48 bits per heavy atom. The molecule has 0 saturated heterocycles. The second-order valence-electron chi connectivity index (χ2n) is 7.29. The minimum Gasteiger partial charge on any atom is -0.444 e. The molecule has 2 aromatic rings. The van der Waals surface area contributed by atoms with Crippen molar-refractivity contribution < 1.29 is 22.7 Å². The third kappa shape index (κ3) is 3.99. The summed E-state index contributed by atoms with van der Waals surface area (Å²) in [5, 5.41) is 8.12. The fourth-order valence-corrected chi connectivity index (χ4v) is 2.78. The maximum atomic E-state index is 12.8. The van der Waals surface area contributed by atoms with E-state index < -0.39 is 23.4 Å². The third-order valence-electron chi connectivity index (χ3n) is 4.02. The van der Waals surface area contributed by atoms with Gasteiger partial charge in [0.2, 0.25) is 0 Å². The van der Waals surface area contributed by atoms with E-state index in [1.54, 1.807) is 25.3 Å². The molecule has 1 aromatic heterocycles. The van der Waals surface area contributed by atoms with Crippen LogP contribution in [0.1, 0.15) is 32.2 Å². The molecular formula is C17H20F3N5O2. The Kier molecular flexibility index (Phi) is 4.52. The zero-order valence-corrected chi connectivity index (χ0v) is 15.2. The number of anilines is 1. The van der Waals surface area contributed by atoms with Gasteiger partial charge in [-0.15, -0.1) is 10.2 Å².